The van der Waals surface area contributed by atoms with Gasteiger partial charge in [-0.15, -0.1) is 0 Å². The first kappa shape index (κ1) is 14.8. The van der Waals surface area contributed by atoms with Crippen LogP contribution in [0.5, 0.6) is 0 Å². The highest BCUT2D eigenvalue weighted by Crippen LogP contribution is 2.04. The van der Waals surface area contributed by atoms with Crippen molar-refractivity contribution < 1.29 is 9.47 Å². The maximum atomic E-state index is 5.52. The third kappa shape index (κ3) is 7.73. The van der Waals surface area contributed by atoms with Crippen LogP contribution < -0.4 is 5.73 Å². The number of nitrogens with zero attached hydrogens (tertiary/aromatic N) is 1. The molecule has 0 fully saturated rings. The summed E-state index contributed by atoms with van der Waals surface area (Å²) in [6, 6.07) is 0.534. The van der Waals surface area contributed by atoms with E-state index in [9.17, 15) is 0 Å². The van der Waals surface area contributed by atoms with Crippen molar-refractivity contribution in [2.24, 2.45) is 5.73 Å². The molecule has 0 aliphatic rings. The third-order valence-corrected chi connectivity index (χ3v) is 2.60. The lowest BCUT2D eigenvalue weighted by molar-refractivity contribution is 0.102. The van der Waals surface area contributed by atoms with Gasteiger partial charge in [-0.25, -0.2) is 0 Å². The molecule has 92 valence electrons. The molecule has 0 heterocycles. The van der Waals surface area contributed by atoms with Crippen LogP contribution in [0.3, 0.4) is 0 Å². The molecule has 0 aromatic heterocycles. The van der Waals surface area contributed by atoms with E-state index in [1.807, 2.05) is 0 Å². The van der Waals surface area contributed by atoms with Crippen molar-refractivity contribution >= 4 is 0 Å². The standard InChI is InChI=1S/C11H26N2O2/c1-11(5-9-14-2)13(7-4-6-12)8-10-15-3/h11H,4-10,12H2,1-3H3. The molecule has 0 aromatic carbocycles. The zero-order chi connectivity index (χ0) is 11.5. The van der Waals surface area contributed by atoms with E-state index >= 15 is 0 Å². The lowest BCUT2D eigenvalue weighted by atomic mass is 10.2. The average molecular weight is 218 g/mol. The molecule has 0 saturated heterocycles. The van der Waals surface area contributed by atoms with Gasteiger partial charge in [0.25, 0.3) is 0 Å². The summed E-state index contributed by atoms with van der Waals surface area (Å²) in [4.78, 5) is 2.41. The Kier molecular flexibility index (Phi) is 10.3. The molecule has 0 aliphatic carbocycles. The van der Waals surface area contributed by atoms with E-state index < -0.39 is 0 Å². The van der Waals surface area contributed by atoms with Crippen LogP contribution in [0.4, 0.5) is 0 Å². The topological polar surface area (TPSA) is 47.7 Å². The second kappa shape index (κ2) is 10.4. The largest absolute Gasteiger partial charge is 0.385 e. The quantitative estimate of drug-likeness (QED) is 0.586. The number of hydrogen-bond acceptors (Lipinski definition) is 4. The second-order valence-corrected chi connectivity index (χ2v) is 3.80. The van der Waals surface area contributed by atoms with Crippen LogP contribution in [0.1, 0.15) is 19.8 Å². The summed E-state index contributed by atoms with van der Waals surface area (Å²) in [5.41, 5.74) is 5.52. The smallest absolute Gasteiger partial charge is 0.0589 e. The van der Waals surface area contributed by atoms with Crippen LogP contribution in [0, 0.1) is 0 Å². The summed E-state index contributed by atoms with van der Waals surface area (Å²) < 4.78 is 10.2. The minimum Gasteiger partial charge on any atom is -0.385 e. The van der Waals surface area contributed by atoms with Crippen LogP contribution >= 0.6 is 0 Å². The highest BCUT2D eigenvalue weighted by molar-refractivity contribution is 4.67. The Hall–Kier alpha value is -0.160. The number of hydrogen-bond donors (Lipinski definition) is 1. The Labute approximate surface area is 93.7 Å². The van der Waals surface area contributed by atoms with Gasteiger partial charge in [0.15, 0.2) is 0 Å². The normalized spacial score (nSPS) is 13.4. The Morgan fingerprint density at radius 2 is 1.80 bits per heavy atom. The van der Waals surface area contributed by atoms with Crippen LogP contribution in [-0.4, -0.2) is 58.0 Å². The maximum Gasteiger partial charge on any atom is 0.0589 e. The van der Waals surface area contributed by atoms with E-state index in [2.05, 4.69) is 11.8 Å². The fourth-order valence-corrected chi connectivity index (χ4v) is 1.53. The van der Waals surface area contributed by atoms with Gasteiger partial charge in [-0.1, -0.05) is 0 Å². The van der Waals surface area contributed by atoms with Crippen LogP contribution in [0.2, 0.25) is 0 Å². The fourth-order valence-electron chi connectivity index (χ4n) is 1.53. The van der Waals surface area contributed by atoms with Crippen LogP contribution in [0.15, 0.2) is 0 Å². The van der Waals surface area contributed by atoms with Crippen molar-refractivity contribution in [3.8, 4) is 0 Å². The van der Waals surface area contributed by atoms with Gasteiger partial charge < -0.3 is 15.2 Å². The monoisotopic (exact) mass is 218 g/mol. The van der Waals surface area contributed by atoms with Gasteiger partial charge in [-0.2, -0.15) is 0 Å². The molecule has 4 nitrogen and oxygen atoms in total. The molecule has 2 N–H and O–H groups in total. The summed E-state index contributed by atoms with van der Waals surface area (Å²) in [6.07, 6.45) is 2.10. The SMILES string of the molecule is COCCC(C)N(CCCN)CCOC. The first-order valence-electron chi connectivity index (χ1n) is 5.68. The molecule has 0 spiro atoms. The Bertz CT molecular complexity index is 126. The van der Waals surface area contributed by atoms with Crippen LogP contribution in [0.25, 0.3) is 0 Å². The van der Waals surface area contributed by atoms with Gasteiger partial charge in [0.2, 0.25) is 0 Å². The molecule has 0 saturated carbocycles. The molecule has 1 atom stereocenters. The first-order valence-corrected chi connectivity index (χ1v) is 5.68. The summed E-state index contributed by atoms with van der Waals surface area (Å²) in [7, 11) is 3.48. The molecule has 1 unspecified atom stereocenters. The Morgan fingerprint density at radius 1 is 1.13 bits per heavy atom. The predicted molar refractivity (Wildman–Crippen MR) is 63.1 cm³/mol. The molecule has 0 amide bonds. The zero-order valence-electron chi connectivity index (χ0n) is 10.4. The van der Waals surface area contributed by atoms with E-state index in [1.165, 1.54) is 0 Å². The fraction of sp³-hybridized carbons (Fsp3) is 1.00. The van der Waals surface area contributed by atoms with Crippen LogP contribution in [-0.2, 0) is 9.47 Å². The minimum absolute atomic E-state index is 0.534. The van der Waals surface area contributed by atoms with Crippen molar-refractivity contribution in [3.05, 3.63) is 0 Å². The van der Waals surface area contributed by atoms with E-state index in [-0.39, 0.29) is 0 Å². The summed E-state index contributed by atoms with van der Waals surface area (Å²) in [6.45, 7) is 6.59. The summed E-state index contributed by atoms with van der Waals surface area (Å²) in [5.74, 6) is 0. The van der Waals surface area contributed by atoms with Gasteiger partial charge in [-0.05, 0) is 32.9 Å². The van der Waals surface area contributed by atoms with E-state index in [0.29, 0.717) is 6.04 Å². The molecule has 4 heteroatoms. The molecule has 0 aromatic rings. The second-order valence-electron chi connectivity index (χ2n) is 3.80. The molecule has 15 heavy (non-hydrogen) atoms. The molecule has 0 radical (unpaired) electrons. The van der Waals surface area contributed by atoms with E-state index in [1.54, 1.807) is 14.2 Å². The molecule has 0 rings (SSSR count). The van der Waals surface area contributed by atoms with Gasteiger partial charge in [-0.3, -0.25) is 4.90 Å². The number of rotatable bonds is 10. The first-order chi connectivity index (χ1) is 7.26. The zero-order valence-corrected chi connectivity index (χ0v) is 10.4. The summed E-state index contributed by atoms with van der Waals surface area (Å²) >= 11 is 0. The number of ether oxygens (including phenoxy) is 2. The number of nitrogens with two attached hydrogens (primary N) is 1. The minimum atomic E-state index is 0.534. The maximum absolute atomic E-state index is 5.52. The Balaban J connectivity index is 3.84. The average Bonchev–Trinajstić information content (AvgIpc) is 2.26. The molecule has 0 aliphatic heterocycles. The van der Waals surface area contributed by atoms with Gasteiger partial charge >= 0.3 is 0 Å². The van der Waals surface area contributed by atoms with Crippen molar-refractivity contribution in [1.82, 2.24) is 4.90 Å². The third-order valence-electron chi connectivity index (χ3n) is 2.60. The van der Waals surface area contributed by atoms with Gasteiger partial charge in [0, 0.05) is 33.4 Å². The lowest BCUT2D eigenvalue weighted by Gasteiger charge is -2.28. The number of methoxy groups -OCH3 is 2. The van der Waals surface area contributed by atoms with Crippen molar-refractivity contribution in [3.63, 3.8) is 0 Å². The van der Waals surface area contributed by atoms with E-state index in [4.69, 9.17) is 15.2 Å². The lowest BCUT2D eigenvalue weighted by Crippen LogP contribution is -2.37. The predicted octanol–water partition coefficient (Wildman–Crippen LogP) is 0.709. The van der Waals surface area contributed by atoms with E-state index in [0.717, 1.165) is 45.7 Å². The van der Waals surface area contributed by atoms with Crippen molar-refractivity contribution in [2.45, 2.75) is 25.8 Å². The van der Waals surface area contributed by atoms with Crippen molar-refractivity contribution in [1.29, 1.82) is 0 Å². The molecule has 0 bridgehead atoms. The van der Waals surface area contributed by atoms with Gasteiger partial charge in [0.1, 0.15) is 0 Å². The summed E-state index contributed by atoms with van der Waals surface area (Å²) in [5, 5.41) is 0. The van der Waals surface area contributed by atoms with Crippen molar-refractivity contribution in [2.75, 3.05) is 47.1 Å². The molecular weight excluding hydrogens is 192 g/mol. The Morgan fingerprint density at radius 3 is 2.33 bits per heavy atom. The molecular formula is C11H26N2O2. The highest BCUT2D eigenvalue weighted by Gasteiger charge is 2.12. The highest BCUT2D eigenvalue weighted by atomic mass is 16.5. The van der Waals surface area contributed by atoms with Gasteiger partial charge in [0.05, 0.1) is 6.61 Å².